The Hall–Kier alpha value is -1.15. The fourth-order valence-electron chi connectivity index (χ4n) is 1.71. The van der Waals surface area contributed by atoms with Gasteiger partial charge >= 0.3 is 0 Å². The van der Waals surface area contributed by atoms with E-state index in [1.54, 1.807) is 0 Å². The average molecular weight is 233 g/mol. The lowest BCUT2D eigenvalue weighted by molar-refractivity contribution is -0.108. The van der Waals surface area contributed by atoms with Crippen molar-refractivity contribution in [3.05, 3.63) is 35.4 Å². The molecular weight excluding hydrogens is 210 g/mol. The molecule has 0 N–H and O–H groups in total. The molecule has 0 fully saturated rings. The fourth-order valence-corrected chi connectivity index (χ4v) is 1.71. The molecule has 0 aliphatic carbocycles. The Morgan fingerprint density at radius 3 is 2.24 bits per heavy atom. The predicted octanol–water partition coefficient (Wildman–Crippen LogP) is 2.66. The minimum atomic E-state index is 0.215. The molecule has 1 aromatic carbocycles. The maximum atomic E-state index is 10.3. The van der Waals surface area contributed by atoms with Crippen molar-refractivity contribution in [2.75, 3.05) is 20.1 Å². The molecule has 17 heavy (non-hydrogen) atoms. The minimum Gasteiger partial charge on any atom is -0.302 e. The molecule has 2 heteroatoms. The first-order valence-corrected chi connectivity index (χ1v) is 6.15. The molecule has 0 amide bonds. The van der Waals surface area contributed by atoms with Gasteiger partial charge in [0.25, 0.3) is 0 Å². The van der Waals surface area contributed by atoms with Gasteiger partial charge in [0.15, 0.2) is 0 Å². The van der Waals surface area contributed by atoms with Crippen molar-refractivity contribution in [2.24, 2.45) is 0 Å². The normalized spacial score (nSPS) is 11.8. The highest BCUT2D eigenvalue weighted by Gasteiger charge is 2.12. The minimum absolute atomic E-state index is 0.215. The maximum absolute atomic E-state index is 10.3. The third kappa shape index (κ3) is 4.70. The third-order valence-corrected chi connectivity index (χ3v) is 2.99. The van der Waals surface area contributed by atoms with Crippen LogP contribution >= 0.6 is 0 Å². The van der Waals surface area contributed by atoms with E-state index in [0.717, 1.165) is 19.3 Å². The van der Waals surface area contributed by atoms with Crippen LogP contribution in [0.1, 0.15) is 31.9 Å². The summed E-state index contributed by atoms with van der Waals surface area (Å²) < 4.78 is 0. The Morgan fingerprint density at radius 1 is 1.18 bits per heavy atom. The number of rotatable bonds is 5. The second-order valence-corrected chi connectivity index (χ2v) is 5.63. The van der Waals surface area contributed by atoms with Crippen molar-refractivity contribution < 1.29 is 4.79 Å². The zero-order chi connectivity index (χ0) is 12.9. The summed E-state index contributed by atoms with van der Waals surface area (Å²) in [5.41, 5.74) is 2.91. The lowest BCUT2D eigenvalue weighted by atomic mass is 9.86. The van der Waals surface area contributed by atoms with E-state index in [1.807, 2.05) is 11.9 Å². The van der Waals surface area contributed by atoms with E-state index in [2.05, 4.69) is 45.0 Å². The number of carbonyl (C=O) groups excluding carboxylic acids is 1. The summed E-state index contributed by atoms with van der Waals surface area (Å²) in [5.74, 6) is 0. The van der Waals surface area contributed by atoms with Gasteiger partial charge in [-0.25, -0.2) is 0 Å². The van der Waals surface area contributed by atoms with Crippen molar-refractivity contribution in [1.29, 1.82) is 0 Å². The molecule has 0 saturated carbocycles. The van der Waals surface area contributed by atoms with E-state index in [4.69, 9.17) is 0 Å². The van der Waals surface area contributed by atoms with Gasteiger partial charge < -0.3 is 4.79 Å². The van der Waals surface area contributed by atoms with Crippen LogP contribution in [0, 0.1) is 0 Å². The molecule has 94 valence electrons. The largest absolute Gasteiger partial charge is 0.302 e. The smallest absolute Gasteiger partial charge is 0.133 e. The standard InChI is InChI=1S/C15H23NO/c1-15(2,3)14-7-5-13(6-8-14)9-10-16(4)11-12-17/h5-8,12H,9-11H2,1-4H3. The second kappa shape index (κ2) is 5.97. The van der Waals surface area contributed by atoms with Crippen LogP contribution in [-0.4, -0.2) is 31.3 Å². The number of benzene rings is 1. The summed E-state index contributed by atoms with van der Waals surface area (Å²) in [6.07, 6.45) is 1.94. The van der Waals surface area contributed by atoms with Crippen molar-refractivity contribution >= 4 is 6.29 Å². The second-order valence-electron chi connectivity index (χ2n) is 5.63. The molecule has 1 rings (SSSR count). The van der Waals surface area contributed by atoms with Gasteiger partial charge in [-0.1, -0.05) is 45.0 Å². The van der Waals surface area contributed by atoms with Gasteiger partial charge in [-0.2, -0.15) is 0 Å². The summed E-state index contributed by atoms with van der Waals surface area (Å²) in [6.45, 7) is 8.10. The number of nitrogens with zero attached hydrogens (tertiary/aromatic N) is 1. The lowest BCUT2D eigenvalue weighted by Gasteiger charge is -2.19. The Labute approximate surface area is 105 Å². The summed E-state index contributed by atoms with van der Waals surface area (Å²) in [5, 5.41) is 0. The first-order valence-electron chi connectivity index (χ1n) is 6.15. The van der Waals surface area contributed by atoms with Gasteiger partial charge in [0.1, 0.15) is 6.29 Å². The van der Waals surface area contributed by atoms with Crippen molar-refractivity contribution in [3.8, 4) is 0 Å². The highest BCUT2D eigenvalue weighted by molar-refractivity contribution is 5.51. The molecule has 0 atom stereocenters. The average Bonchev–Trinajstić information content (AvgIpc) is 2.26. The molecule has 0 aromatic heterocycles. The van der Waals surface area contributed by atoms with Crippen LogP contribution in [0.3, 0.4) is 0 Å². The van der Waals surface area contributed by atoms with Crippen LogP contribution in [0.2, 0.25) is 0 Å². The van der Waals surface area contributed by atoms with E-state index >= 15 is 0 Å². The fraction of sp³-hybridized carbons (Fsp3) is 0.533. The van der Waals surface area contributed by atoms with E-state index in [0.29, 0.717) is 6.54 Å². The quantitative estimate of drug-likeness (QED) is 0.729. The van der Waals surface area contributed by atoms with Crippen molar-refractivity contribution in [2.45, 2.75) is 32.6 Å². The molecule has 1 aromatic rings. The van der Waals surface area contributed by atoms with Crippen LogP contribution in [0.25, 0.3) is 0 Å². The first kappa shape index (κ1) is 13.9. The lowest BCUT2D eigenvalue weighted by Crippen LogP contribution is -2.23. The van der Waals surface area contributed by atoms with Gasteiger partial charge in [-0.05, 0) is 30.0 Å². The predicted molar refractivity (Wildman–Crippen MR) is 72.4 cm³/mol. The first-order chi connectivity index (χ1) is 7.93. The molecule has 0 aliphatic heterocycles. The monoisotopic (exact) mass is 233 g/mol. The number of hydrogen-bond acceptors (Lipinski definition) is 2. The molecule has 0 heterocycles. The number of carbonyl (C=O) groups is 1. The molecule has 0 aliphatic rings. The highest BCUT2D eigenvalue weighted by Crippen LogP contribution is 2.22. The van der Waals surface area contributed by atoms with E-state index in [1.165, 1.54) is 11.1 Å². The molecule has 0 unspecified atom stereocenters. The summed E-state index contributed by atoms with van der Waals surface area (Å²) in [4.78, 5) is 12.4. The molecule has 2 nitrogen and oxygen atoms in total. The topological polar surface area (TPSA) is 20.3 Å². The summed E-state index contributed by atoms with van der Waals surface area (Å²) in [6, 6.07) is 8.79. The van der Waals surface area contributed by atoms with Crippen LogP contribution in [0.4, 0.5) is 0 Å². The van der Waals surface area contributed by atoms with Crippen molar-refractivity contribution in [1.82, 2.24) is 4.90 Å². The number of aldehydes is 1. The zero-order valence-corrected chi connectivity index (χ0v) is 11.4. The van der Waals surface area contributed by atoms with Crippen LogP contribution in [0.15, 0.2) is 24.3 Å². The molecular formula is C15H23NO. The zero-order valence-electron chi connectivity index (χ0n) is 11.4. The third-order valence-electron chi connectivity index (χ3n) is 2.99. The number of likely N-dealkylation sites (N-methyl/N-ethyl adjacent to an activating group) is 1. The Morgan fingerprint density at radius 2 is 1.76 bits per heavy atom. The van der Waals surface area contributed by atoms with Crippen LogP contribution < -0.4 is 0 Å². The van der Waals surface area contributed by atoms with Crippen LogP contribution in [0.5, 0.6) is 0 Å². The van der Waals surface area contributed by atoms with E-state index < -0.39 is 0 Å². The molecule has 0 spiro atoms. The van der Waals surface area contributed by atoms with Gasteiger partial charge in [-0.15, -0.1) is 0 Å². The van der Waals surface area contributed by atoms with Gasteiger partial charge in [-0.3, -0.25) is 4.90 Å². The van der Waals surface area contributed by atoms with E-state index in [-0.39, 0.29) is 5.41 Å². The molecule has 0 saturated heterocycles. The molecule has 0 radical (unpaired) electrons. The van der Waals surface area contributed by atoms with Crippen molar-refractivity contribution in [3.63, 3.8) is 0 Å². The van der Waals surface area contributed by atoms with E-state index in [9.17, 15) is 4.79 Å². The molecule has 0 bridgehead atoms. The van der Waals surface area contributed by atoms with Gasteiger partial charge in [0.2, 0.25) is 0 Å². The highest BCUT2D eigenvalue weighted by atomic mass is 16.1. The summed E-state index contributed by atoms with van der Waals surface area (Å²) in [7, 11) is 1.97. The van der Waals surface area contributed by atoms with Gasteiger partial charge in [0, 0.05) is 6.54 Å². The Bertz CT molecular complexity index is 348. The van der Waals surface area contributed by atoms with Crippen LogP contribution in [-0.2, 0) is 16.6 Å². The SMILES string of the molecule is CN(CC=O)CCc1ccc(C(C)(C)C)cc1. The number of hydrogen-bond donors (Lipinski definition) is 0. The maximum Gasteiger partial charge on any atom is 0.133 e. The Balaban J connectivity index is 2.54. The van der Waals surface area contributed by atoms with Gasteiger partial charge in [0.05, 0.1) is 6.54 Å². The summed E-state index contributed by atoms with van der Waals surface area (Å²) >= 11 is 0. The Kier molecular flexibility index (Phi) is 4.88.